The highest BCUT2D eigenvalue weighted by Gasteiger charge is 2.20. The molecule has 3 nitrogen and oxygen atoms in total. The number of aliphatic hydroxyl groups is 1. The predicted octanol–water partition coefficient (Wildman–Crippen LogP) is 1.05. The molecule has 0 aliphatic heterocycles. The summed E-state index contributed by atoms with van der Waals surface area (Å²) in [5.74, 6) is 0.492. The zero-order chi connectivity index (χ0) is 9.68. The molecule has 0 aromatic rings. The summed E-state index contributed by atoms with van der Waals surface area (Å²) >= 11 is 3.09. The van der Waals surface area contributed by atoms with Gasteiger partial charge in [0, 0.05) is 6.54 Å². The van der Waals surface area contributed by atoms with Gasteiger partial charge in [-0.2, -0.15) is 0 Å². The molecule has 1 amide bonds. The first-order valence-corrected chi connectivity index (χ1v) is 5.85. The molecule has 0 aromatic heterocycles. The Hall–Kier alpha value is -0.0900. The lowest BCUT2D eigenvalue weighted by molar-refractivity contribution is -0.118. The Morgan fingerprint density at radius 2 is 2.31 bits per heavy atom. The van der Waals surface area contributed by atoms with Crippen molar-refractivity contribution in [3.8, 4) is 0 Å². The zero-order valence-electron chi connectivity index (χ0n) is 7.63. The number of alkyl halides is 1. The Kier molecular flexibility index (Phi) is 4.73. The number of hydrogen-bond donors (Lipinski definition) is 2. The third-order valence-corrected chi connectivity index (χ3v) is 2.97. The maximum absolute atomic E-state index is 10.9. The van der Waals surface area contributed by atoms with Gasteiger partial charge in [0.1, 0.15) is 0 Å². The Morgan fingerprint density at radius 3 is 2.92 bits per heavy atom. The number of rotatable bonds is 3. The molecule has 13 heavy (non-hydrogen) atoms. The quantitative estimate of drug-likeness (QED) is 0.735. The zero-order valence-corrected chi connectivity index (χ0v) is 9.22. The van der Waals surface area contributed by atoms with E-state index in [4.69, 9.17) is 0 Å². The number of amides is 1. The second-order valence-electron chi connectivity index (χ2n) is 3.62. The minimum absolute atomic E-state index is 0.0278. The fourth-order valence-electron chi connectivity index (χ4n) is 1.75. The van der Waals surface area contributed by atoms with Gasteiger partial charge in [0.05, 0.1) is 11.4 Å². The normalized spacial score (nSPS) is 28.5. The standard InChI is InChI=1S/C9H16BrNO2/c10-5-9(13)11-6-7-2-1-3-8(12)4-7/h7-8,12H,1-6H2,(H,11,13). The Labute approximate surface area is 87.0 Å². The maximum Gasteiger partial charge on any atom is 0.230 e. The third-order valence-electron chi connectivity index (χ3n) is 2.46. The first-order valence-electron chi connectivity index (χ1n) is 4.73. The first kappa shape index (κ1) is 11.0. The second kappa shape index (κ2) is 5.60. The van der Waals surface area contributed by atoms with Gasteiger partial charge in [-0.3, -0.25) is 4.79 Å². The van der Waals surface area contributed by atoms with Crippen LogP contribution in [0.2, 0.25) is 0 Å². The first-order chi connectivity index (χ1) is 6.22. The van der Waals surface area contributed by atoms with Crippen LogP contribution in [0.1, 0.15) is 25.7 Å². The van der Waals surface area contributed by atoms with Crippen LogP contribution in [0, 0.1) is 5.92 Å². The minimum atomic E-state index is -0.153. The van der Waals surface area contributed by atoms with Crippen LogP contribution in [0.3, 0.4) is 0 Å². The van der Waals surface area contributed by atoms with Crippen LogP contribution >= 0.6 is 15.9 Å². The molecule has 2 atom stereocenters. The fraction of sp³-hybridized carbons (Fsp3) is 0.889. The van der Waals surface area contributed by atoms with Crippen LogP contribution in [0.5, 0.6) is 0 Å². The predicted molar refractivity (Wildman–Crippen MR) is 54.8 cm³/mol. The van der Waals surface area contributed by atoms with Crippen molar-refractivity contribution in [2.75, 3.05) is 11.9 Å². The maximum atomic E-state index is 10.9. The summed E-state index contributed by atoms with van der Waals surface area (Å²) in [5, 5.41) is 12.6. The minimum Gasteiger partial charge on any atom is -0.393 e. The summed E-state index contributed by atoms with van der Waals surface area (Å²) in [6, 6.07) is 0. The summed E-state index contributed by atoms with van der Waals surface area (Å²) in [6.07, 6.45) is 3.81. The van der Waals surface area contributed by atoms with Crippen molar-refractivity contribution >= 4 is 21.8 Å². The highest BCUT2D eigenvalue weighted by Crippen LogP contribution is 2.23. The largest absolute Gasteiger partial charge is 0.393 e. The highest BCUT2D eigenvalue weighted by atomic mass is 79.9. The van der Waals surface area contributed by atoms with E-state index in [0.717, 1.165) is 25.7 Å². The molecule has 1 saturated carbocycles. The van der Waals surface area contributed by atoms with Gasteiger partial charge in [-0.05, 0) is 25.2 Å². The van der Waals surface area contributed by atoms with Gasteiger partial charge in [0.15, 0.2) is 0 Å². The van der Waals surface area contributed by atoms with Gasteiger partial charge >= 0.3 is 0 Å². The lowest BCUT2D eigenvalue weighted by Gasteiger charge is -2.25. The molecule has 0 radical (unpaired) electrons. The molecule has 0 spiro atoms. The average Bonchev–Trinajstić information content (AvgIpc) is 2.14. The van der Waals surface area contributed by atoms with Crippen molar-refractivity contribution in [3.05, 3.63) is 0 Å². The second-order valence-corrected chi connectivity index (χ2v) is 4.18. The van der Waals surface area contributed by atoms with Crippen molar-refractivity contribution in [2.45, 2.75) is 31.8 Å². The van der Waals surface area contributed by atoms with Crippen LogP contribution in [0.25, 0.3) is 0 Å². The molecule has 1 aliphatic rings. The SMILES string of the molecule is O=C(CBr)NCC1CCCC(O)C1. The molecule has 1 rings (SSSR count). The van der Waals surface area contributed by atoms with Crippen molar-refractivity contribution in [2.24, 2.45) is 5.92 Å². The smallest absolute Gasteiger partial charge is 0.230 e. The van der Waals surface area contributed by atoms with E-state index in [1.165, 1.54) is 0 Å². The van der Waals surface area contributed by atoms with Crippen molar-refractivity contribution in [3.63, 3.8) is 0 Å². The van der Waals surface area contributed by atoms with E-state index in [9.17, 15) is 9.90 Å². The van der Waals surface area contributed by atoms with Crippen LogP contribution in [-0.4, -0.2) is 29.0 Å². The molecule has 0 heterocycles. The van der Waals surface area contributed by atoms with Crippen molar-refractivity contribution < 1.29 is 9.90 Å². The van der Waals surface area contributed by atoms with E-state index in [1.54, 1.807) is 0 Å². The molecule has 1 aliphatic carbocycles. The molecule has 76 valence electrons. The summed E-state index contributed by atoms with van der Waals surface area (Å²) in [6.45, 7) is 0.710. The average molecular weight is 250 g/mol. The number of carbonyl (C=O) groups excluding carboxylic acids is 1. The Morgan fingerprint density at radius 1 is 1.54 bits per heavy atom. The third kappa shape index (κ3) is 4.09. The molecule has 0 aromatic carbocycles. The van der Waals surface area contributed by atoms with Gasteiger partial charge in [-0.1, -0.05) is 22.4 Å². The van der Waals surface area contributed by atoms with Gasteiger partial charge in [-0.15, -0.1) is 0 Å². The van der Waals surface area contributed by atoms with E-state index in [1.807, 2.05) is 0 Å². The molecule has 0 bridgehead atoms. The lowest BCUT2D eigenvalue weighted by atomic mass is 9.87. The number of nitrogens with one attached hydrogen (secondary N) is 1. The van der Waals surface area contributed by atoms with Crippen LogP contribution in [0.4, 0.5) is 0 Å². The number of hydrogen-bond acceptors (Lipinski definition) is 2. The molecule has 2 N–H and O–H groups in total. The lowest BCUT2D eigenvalue weighted by Crippen LogP contribution is -2.33. The molecule has 2 unspecified atom stereocenters. The molecular formula is C9H16BrNO2. The summed E-state index contributed by atoms with van der Waals surface area (Å²) in [5.41, 5.74) is 0. The topological polar surface area (TPSA) is 49.3 Å². The number of carbonyl (C=O) groups is 1. The van der Waals surface area contributed by atoms with Crippen molar-refractivity contribution in [1.82, 2.24) is 5.32 Å². The van der Waals surface area contributed by atoms with Crippen LogP contribution in [0.15, 0.2) is 0 Å². The van der Waals surface area contributed by atoms with Gasteiger partial charge < -0.3 is 10.4 Å². The monoisotopic (exact) mass is 249 g/mol. The number of halogens is 1. The molecule has 4 heteroatoms. The van der Waals surface area contributed by atoms with E-state index < -0.39 is 0 Å². The molecule has 0 saturated heterocycles. The van der Waals surface area contributed by atoms with Gasteiger partial charge in [-0.25, -0.2) is 0 Å². The van der Waals surface area contributed by atoms with Crippen molar-refractivity contribution in [1.29, 1.82) is 0 Å². The highest BCUT2D eigenvalue weighted by molar-refractivity contribution is 9.09. The van der Waals surface area contributed by atoms with E-state index in [0.29, 0.717) is 17.8 Å². The summed E-state index contributed by atoms with van der Waals surface area (Å²) in [4.78, 5) is 10.9. The Balaban J connectivity index is 2.17. The van der Waals surface area contributed by atoms with E-state index in [-0.39, 0.29) is 12.0 Å². The van der Waals surface area contributed by atoms with Crippen LogP contribution < -0.4 is 5.32 Å². The molecular weight excluding hydrogens is 234 g/mol. The molecule has 1 fully saturated rings. The summed E-state index contributed by atoms with van der Waals surface area (Å²) < 4.78 is 0. The van der Waals surface area contributed by atoms with E-state index in [2.05, 4.69) is 21.2 Å². The van der Waals surface area contributed by atoms with Gasteiger partial charge in [0.2, 0.25) is 5.91 Å². The fourth-order valence-corrected chi connectivity index (χ4v) is 1.95. The van der Waals surface area contributed by atoms with E-state index >= 15 is 0 Å². The summed E-state index contributed by atoms with van der Waals surface area (Å²) in [7, 11) is 0. The van der Waals surface area contributed by atoms with Gasteiger partial charge in [0.25, 0.3) is 0 Å². The van der Waals surface area contributed by atoms with Crippen LogP contribution in [-0.2, 0) is 4.79 Å². The number of aliphatic hydroxyl groups excluding tert-OH is 1. The Bertz CT molecular complexity index is 175.